The molecule has 27 heavy (non-hydrogen) atoms. The molecule has 3 aromatic rings. The van der Waals surface area contributed by atoms with Gasteiger partial charge in [0.05, 0.1) is 32.5 Å². The Hall–Kier alpha value is -2.39. The van der Waals surface area contributed by atoms with E-state index >= 15 is 0 Å². The van der Waals surface area contributed by atoms with E-state index in [-0.39, 0.29) is 18.6 Å². The molecule has 1 aromatic carbocycles. The Balaban J connectivity index is 1.94. The van der Waals surface area contributed by atoms with Gasteiger partial charge in [-0.1, -0.05) is 35.3 Å². The number of rotatable bonds is 8. The number of hydrogen-bond donors (Lipinski definition) is 3. The number of aliphatic hydroxyl groups is 1. The van der Waals surface area contributed by atoms with Crippen LogP contribution in [0, 0.1) is 0 Å². The van der Waals surface area contributed by atoms with Crippen LogP contribution in [0.2, 0.25) is 0 Å². The van der Waals surface area contributed by atoms with Gasteiger partial charge in [-0.05, 0) is 18.6 Å². The smallest absolute Gasteiger partial charge is 0.222 e. The molecule has 144 valence electrons. The number of nitrogen functional groups attached to an aromatic ring is 1. The van der Waals surface area contributed by atoms with E-state index in [1.54, 1.807) is 11.8 Å². The fraction of sp³-hybridized carbons (Fsp3) is 0.389. The van der Waals surface area contributed by atoms with Gasteiger partial charge in [-0.2, -0.15) is 10.1 Å². The summed E-state index contributed by atoms with van der Waals surface area (Å²) in [6.07, 6.45) is 3.59. The maximum atomic E-state index is 9.56. The number of anilines is 2. The molecule has 0 radical (unpaired) electrons. The lowest BCUT2D eigenvalue weighted by Gasteiger charge is -2.16. The van der Waals surface area contributed by atoms with Crippen LogP contribution in [-0.4, -0.2) is 44.6 Å². The van der Waals surface area contributed by atoms with Crippen molar-refractivity contribution in [3.63, 3.8) is 0 Å². The highest BCUT2D eigenvalue weighted by atomic mass is 79.9. The van der Waals surface area contributed by atoms with Crippen LogP contribution in [0.5, 0.6) is 5.75 Å². The number of nitrogens with zero attached hydrogens (tertiary/aromatic N) is 4. The van der Waals surface area contributed by atoms with Crippen molar-refractivity contribution in [2.24, 2.45) is 0 Å². The van der Waals surface area contributed by atoms with Gasteiger partial charge in [0.2, 0.25) is 5.95 Å². The van der Waals surface area contributed by atoms with Gasteiger partial charge >= 0.3 is 0 Å². The minimum Gasteiger partial charge on any atom is -0.496 e. The molecule has 0 saturated carbocycles. The SMILES string of the molecule is CCC[C@@H](CO)Nc1nc(N)nc2cn(Cc3ccc(Br)cc3OC)nc12. The summed E-state index contributed by atoms with van der Waals surface area (Å²) in [4.78, 5) is 8.55. The molecule has 0 amide bonds. The normalized spacial score (nSPS) is 12.3. The molecule has 4 N–H and O–H groups in total. The monoisotopic (exact) mass is 434 g/mol. The maximum Gasteiger partial charge on any atom is 0.222 e. The molecule has 0 saturated heterocycles. The van der Waals surface area contributed by atoms with Gasteiger partial charge in [-0.15, -0.1) is 0 Å². The first kappa shape index (κ1) is 19.4. The first-order valence-corrected chi connectivity index (χ1v) is 9.53. The Kier molecular flexibility index (Phi) is 6.12. The van der Waals surface area contributed by atoms with Crippen molar-refractivity contribution in [1.82, 2.24) is 19.7 Å². The van der Waals surface area contributed by atoms with Crippen molar-refractivity contribution >= 4 is 38.7 Å². The third-order valence-electron chi connectivity index (χ3n) is 4.21. The quantitative estimate of drug-likeness (QED) is 0.499. The molecular weight excluding hydrogens is 412 g/mol. The summed E-state index contributed by atoms with van der Waals surface area (Å²) in [5, 5.41) is 17.4. The first-order chi connectivity index (χ1) is 13.0. The molecule has 8 nitrogen and oxygen atoms in total. The van der Waals surface area contributed by atoms with Gasteiger partial charge in [0, 0.05) is 10.0 Å². The number of nitrogens with one attached hydrogen (secondary N) is 1. The van der Waals surface area contributed by atoms with Crippen LogP contribution in [0.3, 0.4) is 0 Å². The lowest BCUT2D eigenvalue weighted by molar-refractivity contribution is 0.268. The maximum absolute atomic E-state index is 9.56. The van der Waals surface area contributed by atoms with Crippen LogP contribution in [-0.2, 0) is 6.54 Å². The van der Waals surface area contributed by atoms with Crippen LogP contribution in [0.25, 0.3) is 11.0 Å². The molecule has 9 heteroatoms. The van der Waals surface area contributed by atoms with Crippen molar-refractivity contribution < 1.29 is 9.84 Å². The van der Waals surface area contributed by atoms with Gasteiger partial charge < -0.3 is 20.9 Å². The van der Waals surface area contributed by atoms with E-state index in [0.29, 0.717) is 23.4 Å². The first-order valence-electron chi connectivity index (χ1n) is 8.74. The fourth-order valence-electron chi connectivity index (χ4n) is 2.93. The van der Waals surface area contributed by atoms with E-state index in [4.69, 9.17) is 10.5 Å². The van der Waals surface area contributed by atoms with Crippen molar-refractivity contribution in [2.45, 2.75) is 32.4 Å². The van der Waals surface area contributed by atoms with E-state index in [1.165, 1.54) is 0 Å². The molecule has 3 rings (SSSR count). The third kappa shape index (κ3) is 4.48. The highest BCUT2D eigenvalue weighted by Gasteiger charge is 2.15. The Morgan fingerprint density at radius 1 is 1.37 bits per heavy atom. The van der Waals surface area contributed by atoms with E-state index in [1.807, 2.05) is 24.4 Å². The molecule has 0 aliphatic carbocycles. The van der Waals surface area contributed by atoms with Gasteiger partial charge in [-0.25, -0.2) is 4.98 Å². The van der Waals surface area contributed by atoms with Crippen molar-refractivity contribution in [1.29, 1.82) is 0 Å². The molecule has 0 bridgehead atoms. The van der Waals surface area contributed by atoms with Gasteiger partial charge in [0.25, 0.3) is 0 Å². The van der Waals surface area contributed by atoms with E-state index in [0.717, 1.165) is 28.6 Å². The Morgan fingerprint density at radius 3 is 2.89 bits per heavy atom. The van der Waals surface area contributed by atoms with Crippen LogP contribution in [0.15, 0.2) is 28.9 Å². The minimum atomic E-state index is -0.107. The predicted molar refractivity (Wildman–Crippen MR) is 109 cm³/mol. The number of halogens is 1. The largest absolute Gasteiger partial charge is 0.496 e. The Morgan fingerprint density at radius 2 is 2.19 bits per heavy atom. The van der Waals surface area contributed by atoms with Crippen molar-refractivity contribution in [3.8, 4) is 5.75 Å². The summed E-state index contributed by atoms with van der Waals surface area (Å²) < 4.78 is 8.18. The standard InChI is InChI=1S/C18H23BrN6O2/c1-3-4-13(10-26)21-17-16-14(22-18(20)23-17)9-25(24-16)8-11-5-6-12(19)7-15(11)27-2/h5-7,9,13,26H,3-4,8,10H2,1-2H3,(H3,20,21,22,23)/t13-/m0/s1. The lowest BCUT2D eigenvalue weighted by Crippen LogP contribution is -2.24. The summed E-state index contributed by atoms with van der Waals surface area (Å²) in [5.74, 6) is 1.47. The number of benzene rings is 1. The molecule has 0 fully saturated rings. The van der Waals surface area contributed by atoms with Crippen molar-refractivity contribution in [3.05, 3.63) is 34.4 Å². The molecule has 2 heterocycles. The number of ether oxygens (including phenoxy) is 1. The molecule has 1 atom stereocenters. The number of nitrogens with two attached hydrogens (primary N) is 1. The second-order valence-corrected chi connectivity index (χ2v) is 7.18. The summed E-state index contributed by atoms with van der Waals surface area (Å²) in [7, 11) is 1.64. The fourth-order valence-corrected chi connectivity index (χ4v) is 3.27. The topological polar surface area (TPSA) is 111 Å². The predicted octanol–water partition coefficient (Wildman–Crippen LogP) is 2.80. The van der Waals surface area contributed by atoms with Gasteiger partial charge in [-0.3, -0.25) is 4.68 Å². The summed E-state index contributed by atoms with van der Waals surface area (Å²) in [5.41, 5.74) is 8.11. The van der Waals surface area contributed by atoms with Crippen molar-refractivity contribution in [2.75, 3.05) is 24.8 Å². The number of methoxy groups -OCH3 is 1. The van der Waals surface area contributed by atoms with Crippen LogP contribution in [0.1, 0.15) is 25.3 Å². The second-order valence-electron chi connectivity index (χ2n) is 6.26. The Bertz CT molecular complexity index is 930. The minimum absolute atomic E-state index is 0.00996. The molecule has 0 aliphatic heterocycles. The van der Waals surface area contributed by atoms with E-state index in [2.05, 4.69) is 43.2 Å². The summed E-state index contributed by atoms with van der Waals surface area (Å²) in [6, 6.07) is 5.75. The summed E-state index contributed by atoms with van der Waals surface area (Å²) >= 11 is 3.45. The molecule has 2 aromatic heterocycles. The zero-order valence-corrected chi connectivity index (χ0v) is 16.9. The average Bonchev–Trinajstić information content (AvgIpc) is 3.05. The highest BCUT2D eigenvalue weighted by Crippen LogP contribution is 2.26. The molecule has 0 spiro atoms. The average molecular weight is 435 g/mol. The lowest BCUT2D eigenvalue weighted by atomic mass is 10.2. The Labute approximate surface area is 165 Å². The summed E-state index contributed by atoms with van der Waals surface area (Å²) in [6.45, 7) is 2.59. The zero-order chi connectivity index (χ0) is 19.4. The number of aromatic nitrogens is 4. The third-order valence-corrected chi connectivity index (χ3v) is 4.70. The molecule has 0 unspecified atom stereocenters. The van der Waals surface area contributed by atoms with Gasteiger partial charge in [0.1, 0.15) is 11.3 Å². The number of aliphatic hydroxyl groups excluding tert-OH is 1. The number of fused-ring (bicyclic) bond motifs is 1. The van der Waals surface area contributed by atoms with E-state index < -0.39 is 0 Å². The van der Waals surface area contributed by atoms with Crippen LogP contribution in [0.4, 0.5) is 11.8 Å². The molecular formula is C18H23BrN6O2. The van der Waals surface area contributed by atoms with E-state index in [9.17, 15) is 5.11 Å². The van der Waals surface area contributed by atoms with Crippen LogP contribution < -0.4 is 15.8 Å². The van der Waals surface area contributed by atoms with Crippen LogP contribution >= 0.6 is 15.9 Å². The van der Waals surface area contributed by atoms with Gasteiger partial charge in [0.15, 0.2) is 11.3 Å². The zero-order valence-electron chi connectivity index (χ0n) is 15.3. The molecule has 0 aliphatic rings. The number of hydrogen-bond acceptors (Lipinski definition) is 7. The second kappa shape index (κ2) is 8.53. The highest BCUT2D eigenvalue weighted by molar-refractivity contribution is 9.10.